The molecule has 2 heterocycles. The van der Waals surface area contributed by atoms with E-state index in [2.05, 4.69) is 5.32 Å². The Labute approximate surface area is 111 Å². The number of thiophene rings is 1. The first-order valence-electron chi connectivity index (χ1n) is 5.91. The van der Waals surface area contributed by atoms with Crippen molar-refractivity contribution in [3.8, 4) is 0 Å². The number of rotatable bonds is 3. The second kappa shape index (κ2) is 4.98. The Bertz CT molecular complexity index is 568. The molecule has 1 atom stereocenters. The van der Waals surface area contributed by atoms with E-state index in [9.17, 15) is 4.79 Å². The molecule has 0 bridgehead atoms. The highest BCUT2D eigenvalue weighted by Crippen LogP contribution is 2.22. The van der Waals surface area contributed by atoms with Crippen molar-refractivity contribution in [1.82, 2.24) is 5.32 Å². The lowest BCUT2D eigenvalue weighted by Crippen LogP contribution is -2.26. The molecular formula is C14H17NO2S. The minimum atomic E-state index is -0.120. The standard InChI is InChI=1S/C14H17NO2S/c1-8-5-6-13(17-8)10(3)15-14(16)12-7-9(2)18-11(12)4/h5-7,10H,1-4H3,(H,15,16). The van der Waals surface area contributed by atoms with Gasteiger partial charge in [0, 0.05) is 9.75 Å². The summed E-state index contributed by atoms with van der Waals surface area (Å²) >= 11 is 1.64. The van der Waals surface area contributed by atoms with Gasteiger partial charge in [0.15, 0.2) is 0 Å². The molecule has 18 heavy (non-hydrogen) atoms. The highest BCUT2D eigenvalue weighted by atomic mass is 32.1. The first kappa shape index (κ1) is 12.9. The lowest BCUT2D eigenvalue weighted by molar-refractivity contribution is 0.0935. The Morgan fingerprint density at radius 2 is 2.06 bits per heavy atom. The maximum atomic E-state index is 12.1. The van der Waals surface area contributed by atoms with Crippen molar-refractivity contribution in [2.75, 3.05) is 0 Å². The van der Waals surface area contributed by atoms with Gasteiger partial charge in [0.2, 0.25) is 0 Å². The second-order valence-corrected chi connectivity index (χ2v) is 5.93. The molecule has 0 aliphatic rings. The molecule has 4 heteroatoms. The summed E-state index contributed by atoms with van der Waals surface area (Å²) in [6, 6.07) is 5.60. The smallest absolute Gasteiger partial charge is 0.252 e. The highest BCUT2D eigenvalue weighted by Gasteiger charge is 2.16. The molecule has 1 unspecified atom stereocenters. The van der Waals surface area contributed by atoms with Crippen LogP contribution in [0.25, 0.3) is 0 Å². The average molecular weight is 263 g/mol. The fourth-order valence-corrected chi connectivity index (χ4v) is 2.81. The van der Waals surface area contributed by atoms with E-state index in [-0.39, 0.29) is 11.9 Å². The summed E-state index contributed by atoms with van der Waals surface area (Å²) in [6.45, 7) is 7.79. The van der Waals surface area contributed by atoms with E-state index in [0.29, 0.717) is 0 Å². The Kier molecular flexibility index (Phi) is 3.57. The zero-order valence-corrected chi connectivity index (χ0v) is 11.9. The third kappa shape index (κ3) is 2.64. The fourth-order valence-electron chi connectivity index (χ4n) is 1.89. The number of carbonyl (C=O) groups excluding carboxylic acids is 1. The van der Waals surface area contributed by atoms with Gasteiger partial charge in [-0.3, -0.25) is 4.79 Å². The molecule has 1 amide bonds. The van der Waals surface area contributed by atoms with Crippen LogP contribution in [0.3, 0.4) is 0 Å². The van der Waals surface area contributed by atoms with Gasteiger partial charge in [-0.1, -0.05) is 0 Å². The Morgan fingerprint density at radius 3 is 2.56 bits per heavy atom. The minimum Gasteiger partial charge on any atom is -0.464 e. The lowest BCUT2D eigenvalue weighted by atomic mass is 10.2. The minimum absolute atomic E-state index is 0.0431. The quantitative estimate of drug-likeness (QED) is 0.916. The van der Waals surface area contributed by atoms with Crippen LogP contribution in [0.5, 0.6) is 0 Å². The van der Waals surface area contributed by atoms with E-state index in [1.165, 1.54) is 0 Å². The van der Waals surface area contributed by atoms with Crippen LogP contribution < -0.4 is 5.32 Å². The molecule has 0 radical (unpaired) electrons. The molecular weight excluding hydrogens is 246 g/mol. The number of nitrogens with one attached hydrogen (secondary N) is 1. The fraction of sp³-hybridized carbons (Fsp3) is 0.357. The Hall–Kier alpha value is -1.55. The molecule has 0 aromatic carbocycles. The van der Waals surface area contributed by atoms with Crippen LogP contribution in [0.15, 0.2) is 22.6 Å². The molecule has 2 aromatic rings. The van der Waals surface area contributed by atoms with Crippen LogP contribution in [0.4, 0.5) is 0 Å². The van der Waals surface area contributed by atoms with Gasteiger partial charge >= 0.3 is 0 Å². The summed E-state index contributed by atoms with van der Waals surface area (Å²) in [7, 11) is 0. The molecule has 96 valence electrons. The molecule has 0 aliphatic heterocycles. The monoisotopic (exact) mass is 263 g/mol. The van der Waals surface area contributed by atoms with Gasteiger partial charge in [-0.05, 0) is 45.9 Å². The first-order valence-corrected chi connectivity index (χ1v) is 6.73. The van der Waals surface area contributed by atoms with Gasteiger partial charge in [0.1, 0.15) is 11.5 Å². The molecule has 0 saturated heterocycles. The van der Waals surface area contributed by atoms with E-state index in [1.807, 2.05) is 45.9 Å². The Balaban J connectivity index is 2.10. The van der Waals surface area contributed by atoms with E-state index in [4.69, 9.17) is 4.42 Å². The van der Waals surface area contributed by atoms with E-state index >= 15 is 0 Å². The summed E-state index contributed by atoms with van der Waals surface area (Å²) in [6.07, 6.45) is 0. The van der Waals surface area contributed by atoms with Gasteiger partial charge in [-0.2, -0.15) is 0 Å². The number of aryl methyl sites for hydroxylation is 3. The number of hydrogen-bond acceptors (Lipinski definition) is 3. The zero-order valence-electron chi connectivity index (χ0n) is 11.0. The summed E-state index contributed by atoms with van der Waals surface area (Å²) in [5.74, 6) is 1.59. The van der Waals surface area contributed by atoms with Crippen molar-refractivity contribution in [1.29, 1.82) is 0 Å². The largest absolute Gasteiger partial charge is 0.464 e. The van der Waals surface area contributed by atoms with Crippen molar-refractivity contribution >= 4 is 17.2 Å². The van der Waals surface area contributed by atoms with Crippen molar-refractivity contribution in [3.05, 3.63) is 45.0 Å². The van der Waals surface area contributed by atoms with Crippen LogP contribution in [0.2, 0.25) is 0 Å². The normalized spacial score (nSPS) is 12.4. The summed E-state index contributed by atoms with van der Waals surface area (Å²) in [5.41, 5.74) is 0.757. The van der Waals surface area contributed by atoms with Crippen molar-refractivity contribution in [2.24, 2.45) is 0 Å². The molecule has 3 nitrogen and oxygen atoms in total. The van der Waals surface area contributed by atoms with Crippen LogP contribution >= 0.6 is 11.3 Å². The van der Waals surface area contributed by atoms with Crippen LogP contribution in [-0.2, 0) is 0 Å². The predicted octanol–water partition coefficient (Wildman–Crippen LogP) is 3.76. The van der Waals surface area contributed by atoms with Crippen molar-refractivity contribution in [3.63, 3.8) is 0 Å². The molecule has 2 aromatic heterocycles. The van der Waals surface area contributed by atoms with Gasteiger partial charge in [-0.25, -0.2) is 0 Å². The lowest BCUT2D eigenvalue weighted by Gasteiger charge is -2.11. The number of furan rings is 1. The molecule has 0 saturated carbocycles. The van der Waals surface area contributed by atoms with Crippen LogP contribution in [0, 0.1) is 20.8 Å². The average Bonchev–Trinajstić information content (AvgIpc) is 2.84. The zero-order chi connectivity index (χ0) is 13.3. The number of amides is 1. The SMILES string of the molecule is Cc1ccc(C(C)NC(=O)c2cc(C)sc2C)o1. The third-order valence-corrected chi connectivity index (χ3v) is 3.79. The second-order valence-electron chi connectivity index (χ2n) is 4.47. The van der Waals surface area contributed by atoms with E-state index < -0.39 is 0 Å². The van der Waals surface area contributed by atoms with E-state index in [1.54, 1.807) is 11.3 Å². The maximum absolute atomic E-state index is 12.1. The Morgan fingerprint density at radius 1 is 1.33 bits per heavy atom. The number of carbonyl (C=O) groups is 1. The van der Waals surface area contributed by atoms with Crippen molar-refractivity contribution in [2.45, 2.75) is 33.7 Å². The highest BCUT2D eigenvalue weighted by molar-refractivity contribution is 7.12. The summed E-state index contributed by atoms with van der Waals surface area (Å²) in [4.78, 5) is 14.3. The maximum Gasteiger partial charge on any atom is 0.252 e. The first-order chi connectivity index (χ1) is 8.47. The predicted molar refractivity (Wildman–Crippen MR) is 73.1 cm³/mol. The van der Waals surface area contributed by atoms with Crippen molar-refractivity contribution < 1.29 is 9.21 Å². The summed E-state index contributed by atoms with van der Waals surface area (Å²) < 4.78 is 5.51. The summed E-state index contributed by atoms with van der Waals surface area (Å²) in [5, 5.41) is 2.95. The van der Waals surface area contributed by atoms with Gasteiger partial charge < -0.3 is 9.73 Å². The van der Waals surface area contributed by atoms with Gasteiger partial charge in [-0.15, -0.1) is 11.3 Å². The van der Waals surface area contributed by atoms with E-state index in [0.717, 1.165) is 26.8 Å². The molecule has 0 spiro atoms. The molecule has 0 aliphatic carbocycles. The molecule has 1 N–H and O–H groups in total. The molecule has 0 fully saturated rings. The van der Waals surface area contributed by atoms with Gasteiger partial charge in [0.05, 0.1) is 11.6 Å². The number of hydrogen-bond donors (Lipinski definition) is 1. The topological polar surface area (TPSA) is 42.2 Å². The van der Waals surface area contributed by atoms with Crippen LogP contribution in [0.1, 0.15) is 44.6 Å². The van der Waals surface area contributed by atoms with Gasteiger partial charge in [0.25, 0.3) is 5.91 Å². The van der Waals surface area contributed by atoms with Crippen LogP contribution in [-0.4, -0.2) is 5.91 Å². The molecule has 2 rings (SSSR count). The third-order valence-electron chi connectivity index (χ3n) is 2.82.